The molecule has 3 aromatic rings. The van der Waals surface area contributed by atoms with Crippen molar-refractivity contribution < 1.29 is 4.79 Å². The Hall–Kier alpha value is -1.91. The number of halogens is 1. The van der Waals surface area contributed by atoms with Crippen LogP contribution in [-0.2, 0) is 5.88 Å². The van der Waals surface area contributed by atoms with E-state index in [0.717, 1.165) is 21.5 Å². The lowest BCUT2D eigenvalue weighted by Crippen LogP contribution is -2.11. The van der Waals surface area contributed by atoms with Crippen LogP contribution in [-0.4, -0.2) is 10.9 Å². The molecule has 0 aliphatic rings. The summed E-state index contributed by atoms with van der Waals surface area (Å²) < 4.78 is 1.06. The Morgan fingerprint density at radius 2 is 2.00 bits per heavy atom. The average Bonchev–Trinajstić information content (AvgIpc) is 2.95. The quantitative estimate of drug-likeness (QED) is 0.733. The highest BCUT2D eigenvalue weighted by molar-refractivity contribution is 7.16. The van der Waals surface area contributed by atoms with E-state index in [0.29, 0.717) is 11.4 Å². The lowest BCUT2D eigenvalue weighted by Gasteiger charge is -2.05. The van der Waals surface area contributed by atoms with Gasteiger partial charge in [0.25, 0.3) is 5.91 Å². The van der Waals surface area contributed by atoms with Gasteiger partial charge in [0.15, 0.2) is 0 Å². The molecule has 1 N–H and O–H groups in total. The topological polar surface area (TPSA) is 42.0 Å². The molecule has 0 radical (unpaired) electrons. The first-order valence-corrected chi connectivity index (χ1v) is 7.47. The number of hydrogen-bond acceptors (Lipinski definition) is 3. The molecule has 3 nitrogen and oxygen atoms in total. The Bertz CT molecular complexity index is 752. The number of fused-ring (bicyclic) bond motifs is 1. The fraction of sp³-hybridized carbons (Fsp3) is 0.0667. The van der Waals surface area contributed by atoms with Crippen molar-refractivity contribution in [3.05, 3.63) is 59.1 Å². The minimum Gasteiger partial charge on any atom is -0.322 e. The first-order valence-electron chi connectivity index (χ1n) is 6.06. The number of thiazole rings is 1. The van der Waals surface area contributed by atoms with E-state index in [1.165, 1.54) is 0 Å². The number of alkyl halides is 1. The maximum atomic E-state index is 12.1. The van der Waals surface area contributed by atoms with Crippen molar-refractivity contribution >= 4 is 44.7 Å². The summed E-state index contributed by atoms with van der Waals surface area (Å²) in [5.41, 5.74) is 5.12. The predicted octanol–water partition coefficient (Wildman–Crippen LogP) is 4.29. The maximum absolute atomic E-state index is 12.1. The van der Waals surface area contributed by atoms with Crippen LogP contribution in [0.3, 0.4) is 0 Å². The van der Waals surface area contributed by atoms with Gasteiger partial charge in [0.1, 0.15) is 0 Å². The van der Waals surface area contributed by atoms with Gasteiger partial charge in [0.2, 0.25) is 0 Å². The summed E-state index contributed by atoms with van der Waals surface area (Å²) >= 11 is 7.28. The summed E-state index contributed by atoms with van der Waals surface area (Å²) in [7, 11) is 0. The summed E-state index contributed by atoms with van der Waals surface area (Å²) in [4.78, 5) is 16.3. The van der Waals surface area contributed by atoms with E-state index in [1.807, 2.05) is 30.3 Å². The molecule has 1 aromatic heterocycles. The largest absolute Gasteiger partial charge is 0.322 e. The van der Waals surface area contributed by atoms with Crippen molar-refractivity contribution in [1.29, 1.82) is 0 Å². The maximum Gasteiger partial charge on any atom is 0.255 e. The molecule has 0 saturated heterocycles. The fourth-order valence-electron chi connectivity index (χ4n) is 1.88. The molecule has 3 rings (SSSR count). The van der Waals surface area contributed by atoms with Crippen LogP contribution < -0.4 is 5.32 Å². The SMILES string of the molecule is O=C(Nc1ccc2ncsc2c1)c1ccc(CCl)cc1. The minimum absolute atomic E-state index is 0.130. The molecule has 20 heavy (non-hydrogen) atoms. The normalized spacial score (nSPS) is 10.7. The molecule has 5 heteroatoms. The Kier molecular flexibility index (Phi) is 3.67. The van der Waals surface area contributed by atoms with Gasteiger partial charge in [0.05, 0.1) is 15.7 Å². The molecule has 0 bridgehead atoms. The molecule has 0 aliphatic heterocycles. The number of anilines is 1. The molecule has 100 valence electrons. The number of nitrogens with one attached hydrogen (secondary N) is 1. The molecule has 0 atom stereocenters. The van der Waals surface area contributed by atoms with Gasteiger partial charge in [-0.2, -0.15) is 0 Å². The molecule has 1 amide bonds. The second-order valence-corrected chi connectivity index (χ2v) is 5.47. The molecule has 1 heterocycles. The van der Waals surface area contributed by atoms with Crippen LogP contribution in [0.2, 0.25) is 0 Å². The van der Waals surface area contributed by atoms with Gasteiger partial charge in [0, 0.05) is 17.1 Å². The zero-order valence-electron chi connectivity index (χ0n) is 10.5. The third-order valence-corrected chi connectivity index (χ3v) is 4.06. The third kappa shape index (κ3) is 2.66. The lowest BCUT2D eigenvalue weighted by atomic mass is 10.1. The van der Waals surface area contributed by atoms with E-state index in [-0.39, 0.29) is 5.91 Å². The fourth-order valence-corrected chi connectivity index (χ4v) is 2.78. The van der Waals surface area contributed by atoms with Crippen molar-refractivity contribution in [3.63, 3.8) is 0 Å². The van der Waals surface area contributed by atoms with E-state index in [2.05, 4.69) is 10.3 Å². The zero-order chi connectivity index (χ0) is 13.9. The Morgan fingerprint density at radius 3 is 2.75 bits per heavy atom. The molecule has 0 aliphatic carbocycles. The van der Waals surface area contributed by atoms with E-state index in [9.17, 15) is 4.79 Å². The van der Waals surface area contributed by atoms with Gasteiger partial charge in [-0.05, 0) is 35.9 Å². The summed E-state index contributed by atoms with van der Waals surface area (Å²) in [6.07, 6.45) is 0. The lowest BCUT2D eigenvalue weighted by molar-refractivity contribution is 0.102. The van der Waals surface area contributed by atoms with Gasteiger partial charge >= 0.3 is 0 Å². The molecular formula is C15H11ClN2OS. The van der Waals surface area contributed by atoms with Gasteiger partial charge < -0.3 is 5.32 Å². The highest BCUT2D eigenvalue weighted by Crippen LogP contribution is 2.22. The Labute approximate surface area is 125 Å². The monoisotopic (exact) mass is 302 g/mol. The van der Waals surface area contributed by atoms with Gasteiger partial charge in [-0.15, -0.1) is 22.9 Å². The highest BCUT2D eigenvalue weighted by Gasteiger charge is 2.07. The minimum atomic E-state index is -0.130. The second kappa shape index (κ2) is 5.61. The number of amides is 1. The summed E-state index contributed by atoms with van der Waals surface area (Å²) in [6, 6.07) is 12.9. The van der Waals surface area contributed by atoms with E-state index >= 15 is 0 Å². The number of benzene rings is 2. The van der Waals surface area contributed by atoms with Gasteiger partial charge in [-0.1, -0.05) is 12.1 Å². The molecule has 0 spiro atoms. The third-order valence-electron chi connectivity index (χ3n) is 2.96. The van der Waals surface area contributed by atoms with Crippen molar-refractivity contribution in [2.45, 2.75) is 5.88 Å². The van der Waals surface area contributed by atoms with Gasteiger partial charge in [-0.25, -0.2) is 4.98 Å². The highest BCUT2D eigenvalue weighted by atomic mass is 35.5. The van der Waals surface area contributed by atoms with Crippen molar-refractivity contribution in [3.8, 4) is 0 Å². The van der Waals surface area contributed by atoms with Crippen LogP contribution in [0.1, 0.15) is 15.9 Å². The van der Waals surface area contributed by atoms with E-state index < -0.39 is 0 Å². The molecular weight excluding hydrogens is 292 g/mol. The van der Waals surface area contributed by atoms with Crippen molar-refractivity contribution in [2.75, 3.05) is 5.32 Å². The van der Waals surface area contributed by atoms with Crippen LogP contribution >= 0.6 is 22.9 Å². The van der Waals surface area contributed by atoms with Crippen LogP contribution in [0.5, 0.6) is 0 Å². The molecule has 0 fully saturated rings. The Morgan fingerprint density at radius 1 is 1.20 bits per heavy atom. The molecule has 0 saturated carbocycles. The first-order chi connectivity index (χ1) is 9.76. The standard InChI is InChI=1S/C15H11ClN2OS/c16-8-10-1-3-11(4-2-10)15(19)18-12-5-6-13-14(7-12)20-9-17-13/h1-7,9H,8H2,(H,18,19). The summed E-state index contributed by atoms with van der Waals surface area (Å²) in [6.45, 7) is 0. The van der Waals surface area contributed by atoms with E-state index in [1.54, 1.807) is 29.0 Å². The van der Waals surface area contributed by atoms with Gasteiger partial charge in [-0.3, -0.25) is 4.79 Å². The van der Waals surface area contributed by atoms with Crippen LogP contribution in [0.25, 0.3) is 10.2 Å². The van der Waals surface area contributed by atoms with Crippen LogP contribution in [0, 0.1) is 0 Å². The number of carbonyl (C=O) groups excluding carboxylic acids is 1. The number of nitrogens with zero attached hydrogens (tertiary/aromatic N) is 1. The van der Waals surface area contributed by atoms with Crippen LogP contribution in [0.4, 0.5) is 5.69 Å². The Balaban J connectivity index is 1.80. The summed E-state index contributed by atoms with van der Waals surface area (Å²) in [5, 5.41) is 2.88. The molecule has 0 unspecified atom stereocenters. The van der Waals surface area contributed by atoms with Crippen LogP contribution in [0.15, 0.2) is 48.0 Å². The predicted molar refractivity (Wildman–Crippen MR) is 83.6 cm³/mol. The smallest absolute Gasteiger partial charge is 0.255 e. The van der Waals surface area contributed by atoms with Crippen molar-refractivity contribution in [2.24, 2.45) is 0 Å². The number of hydrogen-bond donors (Lipinski definition) is 1. The summed E-state index contributed by atoms with van der Waals surface area (Å²) in [5.74, 6) is 0.319. The van der Waals surface area contributed by atoms with E-state index in [4.69, 9.17) is 11.6 Å². The number of carbonyl (C=O) groups is 1. The average molecular weight is 303 g/mol. The number of rotatable bonds is 3. The van der Waals surface area contributed by atoms with Crippen molar-refractivity contribution in [1.82, 2.24) is 4.98 Å². The second-order valence-electron chi connectivity index (χ2n) is 4.32. The molecule has 2 aromatic carbocycles. The first kappa shape index (κ1) is 13.1. The number of aromatic nitrogens is 1. The zero-order valence-corrected chi connectivity index (χ0v) is 12.0.